The Morgan fingerprint density at radius 2 is 1.61 bits per heavy atom. The van der Waals surface area contributed by atoms with Crippen LogP contribution in [0.3, 0.4) is 0 Å². The zero-order valence-electron chi connectivity index (χ0n) is 11.7. The summed E-state index contributed by atoms with van der Waals surface area (Å²) in [5, 5.41) is 1.45. The molecule has 0 fully saturated rings. The van der Waals surface area contributed by atoms with Crippen molar-refractivity contribution >= 4 is 35.4 Å². The van der Waals surface area contributed by atoms with Gasteiger partial charge in [0.2, 0.25) is 0 Å². The molecule has 10 nitrogen and oxygen atoms in total. The largest absolute Gasteiger partial charge is 0.350 e. The van der Waals surface area contributed by atoms with E-state index in [1.807, 2.05) is 0 Å². The highest BCUT2D eigenvalue weighted by molar-refractivity contribution is 6.33. The van der Waals surface area contributed by atoms with E-state index in [9.17, 15) is 9.59 Å². The highest BCUT2D eigenvalue weighted by atomic mass is 35.5. The van der Waals surface area contributed by atoms with Crippen molar-refractivity contribution in [1.82, 2.24) is 9.97 Å². The maximum atomic E-state index is 11.4. The molecule has 0 radical (unpaired) electrons. The Morgan fingerprint density at radius 3 is 2.17 bits per heavy atom. The molecule has 0 saturated carbocycles. The first-order valence-corrected chi connectivity index (χ1v) is 6.51. The van der Waals surface area contributed by atoms with Crippen LogP contribution < -0.4 is 33.2 Å². The number of hydrazine groups is 2. The molecule has 0 aliphatic heterocycles. The SMILES string of the molecule is NC(=O)N(N)c1ncc(-c2ccccc2Cl)c(N(N)C(N)=O)n1. The number of nitrogens with zero attached hydrogens (tertiary/aromatic N) is 4. The van der Waals surface area contributed by atoms with E-state index in [1.54, 1.807) is 24.3 Å². The molecule has 0 aliphatic carbocycles. The van der Waals surface area contributed by atoms with Crippen LogP contribution in [0, 0.1) is 0 Å². The fraction of sp³-hybridized carbons (Fsp3) is 0. The summed E-state index contributed by atoms with van der Waals surface area (Å²) in [5.41, 5.74) is 11.1. The Labute approximate surface area is 135 Å². The van der Waals surface area contributed by atoms with Crippen molar-refractivity contribution in [2.24, 2.45) is 23.2 Å². The molecule has 0 bridgehead atoms. The lowest BCUT2D eigenvalue weighted by atomic mass is 10.1. The maximum Gasteiger partial charge on any atom is 0.336 e. The monoisotopic (exact) mass is 336 g/mol. The van der Waals surface area contributed by atoms with E-state index in [1.165, 1.54) is 6.20 Å². The van der Waals surface area contributed by atoms with E-state index in [2.05, 4.69) is 9.97 Å². The number of nitrogens with two attached hydrogens (primary N) is 4. The topological polar surface area (TPSA) is 170 Å². The average molecular weight is 337 g/mol. The highest BCUT2D eigenvalue weighted by Crippen LogP contribution is 2.33. The molecule has 0 unspecified atom stereocenters. The number of amides is 4. The summed E-state index contributed by atoms with van der Waals surface area (Å²) in [7, 11) is 0. The molecule has 120 valence electrons. The number of aromatic nitrogens is 2. The van der Waals surface area contributed by atoms with Crippen LogP contribution in [0.5, 0.6) is 0 Å². The molecule has 1 aromatic carbocycles. The van der Waals surface area contributed by atoms with Gasteiger partial charge in [0.25, 0.3) is 5.95 Å². The minimum absolute atomic E-state index is 0.0905. The third-order valence-electron chi connectivity index (χ3n) is 2.84. The fourth-order valence-electron chi connectivity index (χ4n) is 1.74. The molecule has 0 aliphatic rings. The summed E-state index contributed by atoms with van der Waals surface area (Å²) in [6.07, 6.45) is 1.30. The van der Waals surface area contributed by atoms with E-state index < -0.39 is 12.1 Å². The van der Waals surface area contributed by atoms with Crippen molar-refractivity contribution in [3.8, 4) is 11.1 Å². The van der Waals surface area contributed by atoms with Gasteiger partial charge in [-0.05, 0) is 6.07 Å². The van der Waals surface area contributed by atoms with Crippen LogP contribution in [0.2, 0.25) is 5.02 Å². The lowest BCUT2D eigenvalue weighted by Crippen LogP contribution is -2.45. The number of halogens is 1. The van der Waals surface area contributed by atoms with Gasteiger partial charge in [0.05, 0.1) is 0 Å². The first kappa shape index (κ1) is 16.4. The van der Waals surface area contributed by atoms with Gasteiger partial charge in [0.1, 0.15) is 0 Å². The van der Waals surface area contributed by atoms with Gasteiger partial charge in [-0.15, -0.1) is 0 Å². The molecule has 11 heteroatoms. The molecule has 0 atom stereocenters. The zero-order valence-corrected chi connectivity index (χ0v) is 12.4. The summed E-state index contributed by atoms with van der Waals surface area (Å²) in [6.45, 7) is 0. The molecule has 1 aromatic heterocycles. The molecule has 2 aromatic rings. The Kier molecular flexibility index (Phi) is 4.60. The second-order valence-electron chi connectivity index (χ2n) is 4.30. The second kappa shape index (κ2) is 6.44. The van der Waals surface area contributed by atoms with E-state index >= 15 is 0 Å². The van der Waals surface area contributed by atoms with E-state index in [0.29, 0.717) is 26.2 Å². The van der Waals surface area contributed by atoms with Crippen molar-refractivity contribution in [3.63, 3.8) is 0 Å². The lowest BCUT2D eigenvalue weighted by Gasteiger charge is -2.19. The molecule has 8 N–H and O–H groups in total. The normalized spacial score (nSPS) is 10.2. The van der Waals surface area contributed by atoms with E-state index in [4.69, 9.17) is 34.8 Å². The number of hydrogen-bond acceptors (Lipinski definition) is 6. The summed E-state index contributed by atoms with van der Waals surface area (Å²) in [5.74, 6) is 10.7. The Hall–Kier alpha value is -2.95. The molecular weight excluding hydrogens is 324 g/mol. The Bertz CT molecular complexity index is 768. The zero-order chi connectivity index (χ0) is 17.1. The van der Waals surface area contributed by atoms with Gasteiger partial charge in [-0.1, -0.05) is 29.8 Å². The predicted molar refractivity (Wildman–Crippen MR) is 85.0 cm³/mol. The van der Waals surface area contributed by atoms with Gasteiger partial charge < -0.3 is 11.5 Å². The van der Waals surface area contributed by atoms with Crippen LogP contribution in [-0.4, -0.2) is 22.0 Å². The average Bonchev–Trinajstić information content (AvgIpc) is 2.53. The highest BCUT2D eigenvalue weighted by Gasteiger charge is 2.21. The number of urea groups is 2. The predicted octanol–water partition coefficient (Wildman–Crippen LogP) is 0.315. The van der Waals surface area contributed by atoms with E-state index in [-0.39, 0.29) is 11.8 Å². The third kappa shape index (κ3) is 3.29. The molecule has 4 amide bonds. The summed E-state index contributed by atoms with van der Waals surface area (Å²) in [6, 6.07) is 4.78. The number of carbonyl (C=O) groups excluding carboxylic acids is 2. The van der Waals surface area contributed by atoms with Gasteiger partial charge in [-0.2, -0.15) is 9.99 Å². The minimum Gasteiger partial charge on any atom is -0.350 e. The van der Waals surface area contributed by atoms with Crippen molar-refractivity contribution in [3.05, 3.63) is 35.5 Å². The number of benzene rings is 1. The van der Waals surface area contributed by atoms with Crippen LogP contribution in [0.15, 0.2) is 30.5 Å². The smallest absolute Gasteiger partial charge is 0.336 e. The van der Waals surface area contributed by atoms with Crippen molar-refractivity contribution in [2.75, 3.05) is 10.0 Å². The fourth-order valence-corrected chi connectivity index (χ4v) is 1.97. The summed E-state index contributed by atoms with van der Waals surface area (Å²) >= 11 is 6.13. The number of anilines is 2. The van der Waals surface area contributed by atoms with Crippen molar-refractivity contribution in [2.45, 2.75) is 0 Å². The number of rotatable bonds is 3. The first-order valence-electron chi connectivity index (χ1n) is 6.13. The third-order valence-corrected chi connectivity index (χ3v) is 3.17. The standard InChI is InChI=1S/C12H13ClN8O2/c13-8-4-2-1-3-6(8)7-5-18-12(21(17)11(15)23)19-9(7)20(16)10(14)22/h1-5H,16-17H2,(H2,14,22)(H2,15,23). The molecular formula is C12H13ClN8O2. The summed E-state index contributed by atoms with van der Waals surface area (Å²) < 4.78 is 0. The van der Waals surface area contributed by atoms with Crippen LogP contribution in [-0.2, 0) is 0 Å². The van der Waals surface area contributed by atoms with Crippen LogP contribution >= 0.6 is 11.6 Å². The van der Waals surface area contributed by atoms with Gasteiger partial charge in [0.15, 0.2) is 5.82 Å². The number of carbonyl (C=O) groups is 2. The van der Waals surface area contributed by atoms with Gasteiger partial charge >= 0.3 is 12.1 Å². The molecule has 0 spiro atoms. The number of hydrogen-bond donors (Lipinski definition) is 4. The maximum absolute atomic E-state index is 11.4. The molecule has 1 heterocycles. The summed E-state index contributed by atoms with van der Waals surface area (Å²) in [4.78, 5) is 30.4. The van der Waals surface area contributed by atoms with Crippen molar-refractivity contribution < 1.29 is 9.59 Å². The van der Waals surface area contributed by atoms with E-state index in [0.717, 1.165) is 0 Å². The van der Waals surface area contributed by atoms with Crippen LogP contribution in [0.4, 0.5) is 21.4 Å². The first-order chi connectivity index (χ1) is 10.8. The van der Waals surface area contributed by atoms with Gasteiger partial charge in [-0.3, -0.25) is 0 Å². The number of primary amides is 2. The lowest BCUT2D eigenvalue weighted by molar-refractivity contribution is 0.253. The molecule has 2 rings (SSSR count). The van der Waals surface area contributed by atoms with Crippen molar-refractivity contribution in [1.29, 1.82) is 0 Å². The second-order valence-corrected chi connectivity index (χ2v) is 4.71. The Morgan fingerprint density at radius 1 is 1.00 bits per heavy atom. The van der Waals surface area contributed by atoms with Crippen LogP contribution in [0.1, 0.15) is 0 Å². The van der Waals surface area contributed by atoms with Gasteiger partial charge in [-0.25, -0.2) is 31.3 Å². The Balaban J connectivity index is 2.65. The molecule has 0 saturated heterocycles. The minimum atomic E-state index is -0.996. The van der Waals surface area contributed by atoms with Crippen LogP contribution in [0.25, 0.3) is 11.1 Å². The molecule has 23 heavy (non-hydrogen) atoms. The quantitative estimate of drug-likeness (QED) is 0.357. The van der Waals surface area contributed by atoms with Gasteiger partial charge in [0, 0.05) is 22.3 Å².